The third-order valence-electron chi connectivity index (χ3n) is 2.31. The van der Waals surface area contributed by atoms with E-state index in [1.807, 2.05) is 13.8 Å². The van der Waals surface area contributed by atoms with E-state index in [0.29, 0.717) is 12.5 Å². The van der Waals surface area contributed by atoms with Gasteiger partial charge in [-0.2, -0.15) is 4.37 Å². The lowest BCUT2D eigenvalue weighted by atomic mass is 9.93. The average Bonchev–Trinajstić information content (AvgIpc) is 2.63. The molecule has 0 atom stereocenters. The van der Waals surface area contributed by atoms with Crippen LogP contribution in [0.4, 0.5) is 5.13 Å². The molecular weight excluding hydrogens is 224 g/mol. The maximum Gasteiger partial charge on any atom is 0.224 e. The zero-order valence-corrected chi connectivity index (χ0v) is 10.9. The number of carbonyl (C=O) groups excluding carboxylic acids is 1. The van der Waals surface area contributed by atoms with Crippen LogP contribution in [-0.4, -0.2) is 21.8 Å². The predicted octanol–water partition coefficient (Wildman–Crippen LogP) is 1.58. The Morgan fingerprint density at radius 2 is 2.19 bits per heavy atom. The van der Waals surface area contributed by atoms with E-state index in [9.17, 15) is 4.79 Å². The second-order valence-corrected chi connectivity index (χ2v) is 5.47. The maximum absolute atomic E-state index is 11.1. The van der Waals surface area contributed by atoms with Gasteiger partial charge in [-0.15, -0.1) is 0 Å². The molecule has 0 bridgehead atoms. The smallest absolute Gasteiger partial charge is 0.224 e. The number of amides is 1. The minimum absolute atomic E-state index is 0.316. The fourth-order valence-electron chi connectivity index (χ4n) is 0.925. The predicted molar refractivity (Wildman–Crippen MR) is 65.5 cm³/mol. The van der Waals surface area contributed by atoms with E-state index in [-0.39, 0.29) is 5.91 Å². The van der Waals surface area contributed by atoms with Crippen molar-refractivity contribution in [2.45, 2.75) is 33.6 Å². The first kappa shape index (κ1) is 12.9. The van der Waals surface area contributed by atoms with E-state index in [1.165, 1.54) is 11.5 Å². The highest BCUT2D eigenvalue weighted by Gasteiger charge is 2.25. The highest BCUT2D eigenvalue weighted by Crippen LogP contribution is 2.20. The number of nitrogens with zero attached hydrogens (tertiary/aromatic N) is 2. The lowest BCUT2D eigenvalue weighted by molar-refractivity contribution is -0.125. The minimum Gasteiger partial charge on any atom is -0.369 e. The zero-order valence-electron chi connectivity index (χ0n) is 10.1. The van der Waals surface area contributed by atoms with Crippen LogP contribution in [0.5, 0.6) is 0 Å². The van der Waals surface area contributed by atoms with Gasteiger partial charge in [0.2, 0.25) is 11.0 Å². The normalized spacial score (nSPS) is 11.8. The molecule has 1 aromatic rings. The van der Waals surface area contributed by atoms with Crippen LogP contribution in [0.15, 0.2) is 0 Å². The summed E-state index contributed by atoms with van der Waals surface area (Å²) in [6.07, 6.45) is 0. The van der Waals surface area contributed by atoms with E-state index in [0.717, 1.165) is 11.0 Å². The summed E-state index contributed by atoms with van der Waals surface area (Å²) in [5.74, 6) is 0.814. The molecule has 0 aromatic carbocycles. The molecule has 1 heterocycles. The highest BCUT2D eigenvalue weighted by molar-refractivity contribution is 7.09. The first-order valence-corrected chi connectivity index (χ1v) is 5.97. The Morgan fingerprint density at radius 3 is 2.62 bits per heavy atom. The minimum atomic E-state index is -0.580. The number of nitrogens with one attached hydrogen (secondary N) is 1. The first-order valence-electron chi connectivity index (χ1n) is 5.20. The van der Waals surface area contributed by atoms with Crippen molar-refractivity contribution in [3.8, 4) is 0 Å². The Bertz CT molecular complexity index is 373. The molecule has 1 aromatic heterocycles. The number of hydrogen-bond acceptors (Lipinski definition) is 5. The van der Waals surface area contributed by atoms with Crippen molar-refractivity contribution in [2.24, 2.45) is 11.1 Å². The second-order valence-electron chi connectivity index (χ2n) is 4.71. The Morgan fingerprint density at radius 1 is 1.56 bits per heavy atom. The van der Waals surface area contributed by atoms with Crippen LogP contribution >= 0.6 is 11.5 Å². The van der Waals surface area contributed by atoms with Crippen LogP contribution in [0.25, 0.3) is 0 Å². The Kier molecular flexibility index (Phi) is 3.85. The highest BCUT2D eigenvalue weighted by atomic mass is 32.1. The van der Waals surface area contributed by atoms with Crippen molar-refractivity contribution in [2.75, 3.05) is 11.9 Å². The van der Waals surface area contributed by atoms with Gasteiger partial charge in [0.15, 0.2) is 0 Å². The van der Waals surface area contributed by atoms with Crippen molar-refractivity contribution < 1.29 is 4.79 Å². The topological polar surface area (TPSA) is 80.9 Å². The quantitative estimate of drug-likeness (QED) is 0.821. The summed E-state index contributed by atoms with van der Waals surface area (Å²) in [5, 5.41) is 3.82. The monoisotopic (exact) mass is 242 g/mol. The number of primary amides is 1. The van der Waals surface area contributed by atoms with Crippen LogP contribution in [0, 0.1) is 5.41 Å². The summed E-state index contributed by atoms with van der Waals surface area (Å²) >= 11 is 1.31. The second kappa shape index (κ2) is 4.78. The summed E-state index contributed by atoms with van der Waals surface area (Å²) in [6, 6.07) is 0. The number of anilines is 1. The molecule has 0 saturated heterocycles. The van der Waals surface area contributed by atoms with Gasteiger partial charge in [-0.3, -0.25) is 4.79 Å². The molecule has 3 N–H and O–H groups in total. The third kappa shape index (κ3) is 3.16. The first-order chi connectivity index (χ1) is 7.33. The van der Waals surface area contributed by atoms with Crippen LogP contribution in [0.1, 0.15) is 39.4 Å². The number of carbonyl (C=O) groups is 1. The summed E-state index contributed by atoms with van der Waals surface area (Å²) in [6.45, 7) is 8.15. The van der Waals surface area contributed by atoms with Gasteiger partial charge in [0, 0.05) is 24.0 Å². The van der Waals surface area contributed by atoms with Crippen molar-refractivity contribution in [3.05, 3.63) is 5.82 Å². The van der Waals surface area contributed by atoms with E-state index >= 15 is 0 Å². The van der Waals surface area contributed by atoms with Crippen molar-refractivity contribution in [1.29, 1.82) is 0 Å². The molecule has 0 aliphatic carbocycles. The molecule has 16 heavy (non-hydrogen) atoms. The molecule has 90 valence electrons. The zero-order chi connectivity index (χ0) is 12.3. The lowest BCUT2D eigenvalue weighted by Crippen LogP contribution is -2.37. The number of nitrogens with two attached hydrogens (primary N) is 1. The van der Waals surface area contributed by atoms with Gasteiger partial charge in [0.1, 0.15) is 5.82 Å². The van der Waals surface area contributed by atoms with Gasteiger partial charge in [0.05, 0.1) is 5.41 Å². The van der Waals surface area contributed by atoms with Gasteiger partial charge in [-0.05, 0) is 13.8 Å². The molecule has 0 saturated carbocycles. The van der Waals surface area contributed by atoms with E-state index in [1.54, 1.807) is 13.8 Å². The third-order valence-corrected chi connectivity index (χ3v) is 2.99. The maximum atomic E-state index is 11.1. The van der Waals surface area contributed by atoms with Gasteiger partial charge in [-0.25, -0.2) is 4.98 Å². The van der Waals surface area contributed by atoms with E-state index in [4.69, 9.17) is 5.73 Å². The van der Waals surface area contributed by atoms with Crippen LogP contribution in [-0.2, 0) is 4.79 Å². The molecule has 1 rings (SSSR count). The van der Waals surface area contributed by atoms with Gasteiger partial charge in [-0.1, -0.05) is 13.8 Å². The molecule has 0 aliphatic heterocycles. The fraction of sp³-hybridized carbons (Fsp3) is 0.700. The van der Waals surface area contributed by atoms with Gasteiger partial charge < -0.3 is 11.1 Å². The van der Waals surface area contributed by atoms with Crippen molar-refractivity contribution in [3.63, 3.8) is 0 Å². The number of hydrogen-bond donors (Lipinski definition) is 2. The Labute approximate surface area is 99.6 Å². The van der Waals surface area contributed by atoms with Crippen LogP contribution in [0.3, 0.4) is 0 Å². The standard InChI is InChI=1S/C10H18N4OS/c1-6(2)7-13-9(16-14-7)12-5-10(3,4)8(11)15/h6H,5H2,1-4H3,(H2,11,15)(H,12,13,14). The Balaban J connectivity index is 2.58. The van der Waals surface area contributed by atoms with Crippen molar-refractivity contribution >= 4 is 22.6 Å². The molecule has 5 nitrogen and oxygen atoms in total. The molecule has 1 amide bonds. The SMILES string of the molecule is CC(C)c1nsc(NCC(C)(C)C(N)=O)n1. The van der Waals surface area contributed by atoms with E-state index < -0.39 is 5.41 Å². The molecule has 6 heteroatoms. The summed E-state index contributed by atoms with van der Waals surface area (Å²) in [5.41, 5.74) is 4.70. The van der Waals surface area contributed by atoms with Crippen molar-refractivity contribution in [1.82, 2.24) is 9.36 Å². The molecule has 0 aliphatic rings. The molecule has 0 spiro atoms. The molecule has 0 radical (unpaired) electrons. The Hall–Kier alpha value is -1.17. The molecular formula is C10H18N4OS. The molecule has 0 unspecified atom stereocenters. The summed E-state index contributed by atoms with van der Waals surface area (Å²) < 4.78 is 4.21. The average molecular weight is 242 g/mol. The largest absolute Gasteiger partial charge is 0.369 e. The summed E-state index contributed by atoms with van der Waals surface area (Å²) in [7, 11) is 0. The fourth-order valence-corrected chi connectivity index (χ4v) is 1.63. The summed E-state index contributed by atoms with van der Waals surface area (Å²) in [4.78, 5) is 15.4. The van der Waals surface area contributed by atoms with Crippen LogP contribution < -0.4 is 11.1 Å². The number of aromatic nitrogens is 2. The van der Waals surface area contributed by atoms with Crippen LogP contribution in [0.2, 0.25) is 0 Å². The van der Waals surface area contributed by atoms with E-state index in [2.05, 4.69) is 14.7 Å². The van der Waals surface area contributed by atoms with Gasteiger partial charge >= 0.3 is 0 Å². The molecule has 0 fully saturated rings. The van der Waals surface area contributed by atoms with Gasteiger partial charge in [0.25, 0.3) is 0 Å². The number of rotatable bonds is 5. The lowest BCUT2D eigenvalue weighted by Gasteiger charge is -2.19.